The van der Waals surface area contributed by atoms with Gasteiger partial charge in [-0.15, -0.1) is 0 Å². The van der Waals surface area contributed by atoms with E-state index in [1.807, 2.05) is 0 Å². The van der Waals surface area contributed by atoms with Gasteiger partial charge in [-0.25, -0.2) is 4.98 Å². The Morgan fingerprint density at radius 1 is 1.32 bits per heavy atom. The van der Waals surface area contributed by atoms with Gasteiger partial charge in [0.2, 0.25) is 5.91 Å². The highest BCUT2D eigenvalue weighted by molar-refractivity contribution is 5.95. The summed E-state index contributed by atoms with van der Waals surface area (Å²) in [4.78, 5) is 15.0. The van der Waals surface area contributed by atoms with E-state index in [1.165, 1.54) is 0 Å². The van der Waals surface area contributed by atoms with Gasteiger partial charge in [-0.05, 0) is 17.5 Å². The Balaban J connectivity index is 2.77. The van der Waals surface area contributed by atoms with Gasteiger partial charge in [0.15, 0.2) is 0 Å². The van der Waals surface area contributed by atoms with Crippen LogP contribution in [-0.2, 0) is 11.0 Å². The molecule has 4 nitrogen and oxygen atoms in total. The van der Waals surface area contributed by atoms with E-state index in [9.17, 15) is 18.0 Å². The minimum Gasteiger partial charge on any atom is -0.323 e. The lowest BCUT2D eigenvalue weighted by atomic mass is 9.87. The molecule has 0 radical (unpaired) electrons. The second-order valence-electron chi connectivity index (χ2n) is 5.26. The van der Waals surface area contributed by atoms with Crippen LogP contribution in [-0.4, -0.2) is 16.9 Å². The summed E-state index contributed by atoms with van der Waals surface area (Å²) in [5.74, 6) is -0.464. The fourth-order valence-corrected chi connectivity index (χ4v) is 1.25. The van der Waals surface area contributed by atoms with Crippen molar-refractivity contribution in [3.05, 3.63) is 24.0 Å². The third kappa shape index (κ3) is 4.20. The van der Waals surface area contributed by atoms with Crippen molar-refractivity contribution >= 4 is 11.6 Å². The van der Waals surface area contributed by atoms with E-state index in [0.717, 1.165) is 18.3 Å². The van der Waals surface area contributed by atoms with Crippen molar-refractivity contribution in [2.24, 2.45) is 11.1 Å². The molecule has 0 aliphatic rings. The van der Waals surface area contributed by atoms with E-state index < -0.39 is 29.2 Å². The smallest absolute Gasteiger partial charge is 0.323 e. The zero-order valence-corrected chi connectivity index (χ0v) is 10.9. The van der Waals surface area contributed by atoms with Gasteiger partial charge >= 0.3 is 6.18 Å². The van der Waals surface area contributed by atoms with Gasteiger partial charge in [0.25, 0.3) is 0 Å². The van der Waals surface area contributed by atoms with Gasteiger partial charge in [0.1, 0.15) is 5.69 Å². The molecule has 0 bridgehead atoms. The lowest BCUT2D eigenvalue weighted by molar-refractivity contribution is -0.141. The number of carbonyl (C=O) groups excluding carboxylic acids is 1. The summed E-state index contributed by atoms with van der Waals surface area (Å²) < 4.78 is 36.9. The number of nitrogens with one attached hydrogen (secondary N) is 1. The van der Waals surface area contributed by atoms with Crippen LogP contribution in [0, 0.1) is 5.41 Å². The predicted molar refractivity (Wildman–Crippen MR) is 65.3 cm³/mol. The molecule has 1 amide bonds. The van der Waals surface area contributed by atoms with Gasteiger partial charge < -0.3 is 11.1 Å². The number of halogens is 3. The summed E-state index contributed by atoms with van der Waals surface area (Å²) in [6, 6.07) is 1.18. The van der Waals surface area contributed by atoms with Gasteiger partial charge in [0, 0.05) is 0 Å². The predicted octanol–water partition coefficient (Wildman–Crippen LogP) is 2.41. The van der Waals surface area contributed by atoms with Crippen LogP contribution in [0.3, 0.4) is 0 Å². The van der Waals surface area contributed by atoms with Gasteiger partial charge in [0.05, 0.1) is 17.9 Å². The SMILES string of the molecule is CC(C)(C)[C@@H](N)C(=O)Nc1ccc(C(F)(F)F)nc1. The van der Waals surface area contributed by atoms with E-state index in [1.54, 1.807) is 20.8 Å². The second kappa shape index (κ2) is 5.16. The first-order valence-electron chi connectivity index (χ1n) is 5.61. The van der Waals surface area contributed by atoms with Crippen LogP contribution < -0.4 is 11.1 Å². The second-order valence-corrected chi connectivity index (χ2v) is 5.26. The minimum atomic E-state index is -4.50. The van der Waals surface area contributed by atoms with Crippen molar-refractivity contribution < 1.29 is 18.0 Å². The quantitative estimate of drug-likeness (QED) is 0.871. The van der Waals surface area contributed by atoms with E-state index in [2.05, 4.69) is 10.3 Å². The summed E-state index contributed by atoms with van der Waals surface area (Å²) >= 11 is 0. The van der Waals surface area contributed by atoms with E-state index >= 15 is 0 Å². The van der Waals surface area contributed by atoms with Crippen LogP contribution in [0.5, 0.6) is 0 Å². The molecule has 1 atom stereocenters. The molecule has 1 rings (SSSR count). The zero-order chi connectivity index (χ0) is 14.8. The van der Waals surface area contributed by atoms with Crippen LogP contribution in [0.1, 0.15) is 26.5 Å². The summed E-state index contributed by atoms with van der Waals surface area (Å²) in [7, 11) is 0. The number of anilines is 1. The molecule has 106 valence electrons. The maximum Gasteiger partial charge on any atom is 0.433 e. The highest BCUT2D eigenvalue weighted by Gasteiger charge is 2.32. The molecule has 1 aromatic rings. The Morgan fingerprint density at radius 3 is 2.26 bits per heavy atom. The van der Waals surface area contributed by atoms with Crippen LogP contribution in [0.4, 0.5) is 18.9 Å². The number of carbonyl (C=O) groups is 1. The third-order valence-corrected chi connectivity index (χ3v) is 2.54. The standard InChI is InChI=1S/C12H16F3N3O/c1-11(2,3)9(16)10(19)18-7-4-5-8(17-6-7)12(13,14)15/h4-6,9H,16H2,1-3H3,(H,18,19)/t9-/m0/s1. The molecule has 0 aliphatic carbocycles. The monoisotopic (exact) mass is 275 g/mol. The van der Waals surface area contributed by atoms with Gasteiger partial charge in [-0.3, -0.25) is 4.79 Å². The number of hydrogen-bond acceptors (Lipinski definition) is 3. The lowest BCUT2D eigenvalue weighted by Crippen LogP contribution is -2.45. The highest BCUT2D eigenvalue weighted by Crippen LogP contribution is 2.28. The van der Waals surface area contributed by atoms with Crippen molar-refractivity contribution in [2.45, 2.75) is 33.0 Å². The molecule has 0 unspecified atom stereocenters. The maximum absolute atomic E-state index is 12.3. The fourth-order valence-electron chi connectivity index (χ4n) is 1.25. The average Bonchev–Trinajstić information content (AvgIpc) is 2.26. The topological polar surface area (TPSA) is 68.0 Å². The first-order valence-corrected chi connectivity index (χ1v) is 5.61. The number of aromatic nitrogens is 1. The number of alkyl halides is 3. The number of amides is 1. The molecule has 0 fully saturated rings. The van der Waals surface area contributed by atoms with E-state index in [0.29, 0.717) is 0 Å². The van der Waals surface area contributed by atoms with Crippen LogP contribution in [0.15, 0.2) is 18.3 Å². The molecular formula is C12H16F3N3O. The summed E-state index contributed by atoms with van der Waals surface area (Å²) in [5, 5.41) is 2.43. The third-order valence-electron chi connectivity index (χ3n) is 2.54. The number of rotatable bonds is 2. The first-order chi connectivity index (χ1) is 8.51. The van der Waals surface area contributed by atoms with Gasteiger partial charge in [-0.1, -0.05) is 20.8 Å². The first kappa shape index (κ1) is 15.4. The summed E-state index contributed by atoms with van der Waals surface area (Å²) in [6.07, 6.45) is -3.54. The van der Waals surface area contributed by atoms with Gasteiger partial charge in [-0.2, -0.15) is 13.2 Å². The van der Waals surface area contributed by atoms with Crippen molar-refractivity contribution in [2.75, 3.05) is 5.32 Å². The van der Waals surface area contributed by atoms with Crippen molar-refractivity contribution in [3.8, 4) is 0 Å². The number of nitrogens with two attached hydrogens (primary N) is 1. The Bertz CT molecular complexity index is 449. The Hall–Kier alpha value is -1.63. The number of hydrogen-bond donors (Lipinski definition) is 2. The molecule has 0 spiro atoms. The molecule has 0 saturated carbocycles. The molecule has 19 heavy (non-hydrogen) atoms. The van der Waals surface area contributed by atoms with Crippen LogP contribution in [0.25, 0.3) is 0 Å². The largest absolute Gasteiger partial charge is 0.433 e. The minimum absolute atomic E-state index is 0.178. The lowest BCUT2D eigenvalue weighted by Gasteiger charge is -2.25. The normalized spacial score (nSPS) is 14.1. The van der Waals surface area contributed by atoms with Crippen molar-refractivity contribution in [1.82, 2.24) is 4.98 Å². The highest BCUT2D eigenvalue weighted by atomic mass is 19.4. The number of pyridine rings is 1. The van der Waals surface area contributed by atoms with Crippen LogP contribution >= 0.6 is 0 Å². The Labute approximate surface area is 109 Å². The maximum atomic E-state index is 12.3. The number of nitrogens with zero attached hydrogens (tertiary/aromatic N) is 1. The van der Waals surface area contributed by atoms with Crippen molar-refractivity contribution in [1.29, 1.82) is 0 Å². The average molecular weight is 275 g/mol. The summed E-state index contributed by atoms with van der Waals surface area (Å²) in [6.45, 7) is 5.38. The Morgan fingerprint density at radius 2 is 1.89 bits per heavy atom. The molecule has 1 aromatic heterocycles. The zero-order valence-electron chi connectivity index (χ0n) is 10.9. The van der Waals surface area contributed by atoms with E-state index in [-0.39, 0.29) is 5.69 Å². The molecule has 0 saturated heterocycles. The van der Waals surface area contributed by atoms with Crippen LogP contribution in [0.2, 0.25) is 0 Å². The molecule has 0 aromatic carbocycles. The molecule has 3 N–H and O–H groups in total. The summed E-state index contributed by atoms with van der Waals surface area (Å²) in [5.41, 5.74) is 4.46. The Kier molecular flexibility index (Phi) is 4.19. The molecule has 0 aliphatic heterocycles. The van der Waals surface area contributed by atoms with E-state index in [4.69, 9.17) is 5.73 Å². The fraction of sp³-hybridized carbons (Fsp3) is 0.500. The molecular weight excluding hydrogens is 259 g/mol. The van der Waals surface area contributed by atoms with Crippen molar-refractivity contribution in [3.63, 3.8) is 0 Å². The molecule has 1 heterocycles. The molecule has 7 heteroatoms.